The molecule has 2 aromatic rings. The van der Waals surface area contributed by atoms with Crippen LogP contribution in [0, 0.1) is 10.6 Å². The maximum absolute atomic E-state index is 12.2. The molecule has 0 unspecified atom stereocenters. The number of rotatable bonds is 6. The summed E-state index contributed by atoms with van der Waals surface area (Å²) in [6.45, 7) is 4.07. The van der Waals surface area contributed by atoms with Gasteiger partial charge in [-0.25, -0.2) is 0 Å². The van der Waals surface area contributed by atoms with Crippen LogP contribution in [0.3, 0.4) is 0 Å². The average Bonchev–Trinajstić information content (AvgIpc) is 2.48. The summed E-state index contributed by atoms with van der Waals surface area (Å²) in [6, 6.07) is 10.7. The number of amides is 1. The van der Waals surface area contributed by atoms with Crippen LogP contribution in [0.4, 0.5) is 5.69 Å². The van der Waals surface area contributed by atoms with Crippen LogP contribution >= 0.6 is 12.2 Å². The Morgan fingerprint density at radius 1 is 1.17 bits per heavy atom. The van der Waals surface area contributed by atoms with E-state index < -0.39 is 0 Å². The molecule has 0 saturated heterocycles. The highest BCUT2D eigenvalue weighted by Gasteiger charge is 2.09. The molecular formula is C18H20N2O2S. The average molecular weight is 328 g/mol. The standard InChI is InChI=1S/C18H20N2O2S/c1-12(2)10-15(21)11-13-5-7-14(8-6-13)20-17(22)16-4-3-9-19-18(16)23/h3-9,12H,10-11H2,1-2H3,(H,19,23)(H,20,22). The fraction of sp³-hybridized carbons (Fsp3) is 0.278. The Kier molecular flexibility index (Phi) is 5.82. The summed E-state index contributed by atoms with van der Waals surface area (Å²) < 4.78 is 0.404. The number of hydrogen-bond donors (Lipinski definition) is 2. The number of carbonyl (C=O) groups excluding carboxylic acids is 2. The third-order valence-electron chi connectivity index (χ3n) is 3.31. The first-order chi connectivity index (χ1) is 11.0. The van der Waals surface area contributed by atoms with E-state index in [2.05, 4.69) is 10.3 Å². The van der Waals surface area contributed by atoms with Crippen LogP contribution in [0.25, 0.3) is 0 Å². The van der Waals surface area contributed by atoms with E-state index in [9.17, 15) is 9.59 Å². The zero-order chi connectivity index (χ0) is 16.8. The van der Waals surface area contributed by atoms with Gasteiger partial charge in [0.15, 0.2) is 0 Å². The van der Waals surface area contributed by atoms with Gasteiger partial charge in [-0.1, -0.05) is 38.2 Å². The summed E-state index contributed by atoms with van der Waals surface area (Å²) in [4.78, 5) is 26.8. The lowest BCUT2D eigenvalue weighted by Crippen LogP contribution is -2.13. The molecule has 1 aromatic heterocycles. The van der Waals surface area contributed by atoms with E-state index in [1.165, 1.54) is 0 Å². The maximum atomic E-state index is 12.2. The van der Waals surface area contributed by atoms with Crippen LogP contribution in [0.5, 0.6) is 0 Å². The van der Waals surface area contributed by atoms with E-state index in [1.807, 2.05) is 26.0 Å². The van der Waals surface area contributed by atoms with E-state index in [-0.39, 0.29) is 11.7 Å². The molecule has 4 nitrogen and oxygen atoms in total. The lowest BCUT2D eigenvalue weighted by Gasteiger charge is -2.07. The number of benzene rings is 1. The predicted molar refractivity (Wildman–Crippen MR) is 94.2 cm³/mol. The molecule has 120 valence electrons. The molecule has 0 fully saturated rings. The number of carbonyl (C=O) groups is 2. The number of pyridine rings is 1. The van der Waals surface area contributed by atoms with Gasteiger partial charge < -0.3 is 10.3 Å². The number of hydrogen-bond acceptors (Lipinski definition) is 3. The molecule has 0 radical (unpaired) electrons. The highest BCUT2D eigenvalue weighted by molar-refractivity contribution is 7.71. The summed E-state index contributed by atoms with van der Waals surface area (Å²) in [7, 11) is 0. The summed E-state index contributed by atoms with van der Waals surface area (Å²) in [5, 5.41) is 2.80. The summed E-state index contributed by atoms with van der Waals surface area (Å²) in [5.41, 5.74) is 2.05. The highest BCUT2D eigenvalue weighted by Crippen LogP contribution is 2.13. The van der Waals surface area contributed by atoms with E-state index in [1.54, 1.807) is 30.5 Å². The first-order valence-electron chi connectivity index (χ1n) is 7.55. The monoisotopic (exact) mass is 328 g/mol. The van der Waals surface area contributed by atoms with Crippen LogP contribution in [0.2, 0.25) is 0 Å². The SMILES string of the molecule is CC(C)CC(=O)Cc1ccc(NC(=O)c2ccc[nH]c2=S)cc1. The molecule has 1 amide bonds. The molecule has 2 N–H and O–H groups in total. The summed E-state index contributed by atoms with van der Waals surface area (Å²) in [6.07, 6.45) is 2.70. The highest BCUT2D eigenvalue weighted by atomic mass is 32.1. The Morgan fingerprint density at radius 2 is 1.87 bits per heavy atom. The lowest BCUT2D eigenvalue weighted by molar-refractivity contribution is -0.119. The van der Waals surface area contributed by atoms with Crippen molar-refractivity contribution in [2.24, 2.45) is 5.92 Å². The minimum absolute atomic E-state index is 0.229. The fourth-order valence-corrected chi connectivity index (χ4v) is 2.49. The minimum Gasteiger partial charge on any atom is -0.352 e. The minimum atomic E-state index is -0.254. The molecule has 0 aliphatic rings. The van der Waals surface area contributed by atoms with Gasteiger partial charge in [-0.15, -0.1) is 0 Å². The Bertz CT molecular complexity index is 748. The second kappa shape index (κ2) is 7.83. The molecule has 2 rings (SSSR count). The van der Waals surface area contributed by atoms with Crippen molar-refractivity contribution in [1.29, 1.82) is 0 Å². The van der Waals surface area contributed by atoms with Crippen LogP contribution in [-0.4, -0.2) is 16.7 Å². The second-order valence-corrected chi connectivity index (χ2v) is 6.29. The van der Waals surface area contributed by atoms with Crippen molar-refractivity contribution >= 4 is 29.6 Å². The van der Waals surface area contributed by atoms with Gasteiger partial charge in [0.25, 0.3) is 5.91 Å². The topological polar surface area (TPSA) is 62.0 Å². The first-order valence-corrected chi connectivity index (χ1v) is 7.96. The number of H-pyrrole nitrogens is 1. The first kappa shape index (κ1) is 17.1. The van der Waals surface area contributed by atoms with E-state index in [0.29, 0.717) is 34.7 Å². The molecule has 1 heterocycles. The van der Waals surface area contributed by atoms with Crippen molar-refractivity contribution in [3.8, 4) is 0 Å². The second-order valence-electron chi connectivity index (χ2n) is 5.88. The molecule has 23 heavy (non-hydrogen) atoms. The smallest absolute Gasteiger partial charge is 0.258 e. The number of aromatic nitrogens is 1. The van der Waals surface area contributed by atoms with E-state index >= 15 is 0 Å². The molecule has 0 bridgehead atoms. The predicted octanol–water partition coefficient (Wildman–Crippen LogP) is 4.15. The zero-order valence-corrected chi connectivity index (χ0v) is 14.1. The van der Waals surface area contributed by atoms with Gasteiger partial charge in [-0.05, 0) is 35.7 Å². The molecule has 0 aliphatic carbocycles. The van der Waals surface area contributed by atoms with Gasteiger partial charge >= 0.3 is 0 Å². The number of Topliss-reactive ketones (excluding diaryl/α,β-unsaturated/α-hetero) is 1. The van der Waals surface area contributed by atoms with Gasteiger partial charge in [0.1, 0.15) is 10.4 Å². The normalized spacial score (nSPS) is 10.6. The fourth-order valence-electron chi connectivity index (χ4n) is 2.26. The van der Waals surface area contributed by atoms with E-state index in [4.69, 9.17) is 12.2 Å². The Morgan fingerprint density at radius 3 is 2.48 bits per heavy atom. The van der Waals surface area contributed by atoms with Crippen LogP contribution in [-0.2, 0) is 11.2 Å². The van der Waals surface area contributed by atoms with Gasteiger partial charge in [-0.3, -0.25) is 9.59 Å². The van der Waals surface area contributed by atoms with Gasteiger partial charge in [0.05, 0.1) is 5.56 Å². The number of nitrogens with one attached hydrogen (secondary N) is 2. The molecule has 5 heteroatoms. The number of anilines is 1. The Balaban J connectivity index is 2.00. The quantitative estimate of drug-likeness (QED) is 0.783. The lowest BCUT2D eigenvalue weighted by atomic mass is 10.0. The van der Waals surface area contributed by atoms with Crippen molar-refractivity contribution in [3.63, 3.8) is 0 Å². The van der Waals surface area contributed by atoms with Crippen molar-refractivity contribution in [2.45, 2.75) is 26.7 Å². The van der Waals surface area contributed by atoms with Crippen LogP contribution < -0.4 is 5.32 Å². The largest absolute Gasteiger partial charge is 0.352 e. The number of aromatic amines is 1. The van der Waals surface area contributed by atoms with Gasteiger partial charge in [-0.2, -0.15) is 0 Å². The Hall–Kier alpha value is -2.27. The molecule has 0 spiro atoms. The Labute approximate surface area is 140 Å². The molecule has 0 atom stereocenters. The third kappa shape index (κ3) is 5.14. The van der Waals surface area contributed by atoms with Crippen LogP contribution in [0.1, 0.15) is 36.2 Å². The number of ketones is 1. The van der Waals surface area contributed by atoms with Crippen molar-refractivity contribution < 1.29 is 9.59 Å². The van der Waals surface area contributed by atoms with Crippen molar-refractivity contribution in [2.75, 3.05) is 5.32 Å². The van der Waals surface area contributed by atoms with Crippen LogP contribution in [0.15, 0.2) is 42.6 Å². The zero-order valence-electron chi connectivity index (χ0n) is 13.3. The van der Waals surface area contributed by atoms with E-state index in [0.717, 1.165) is 5.56 Å². The molecule has 0 aliphatic heterocycles. The molecular weight excluding hydrogens is 308 g/mol. The third-order valence-corrected chi connectivity index (χ3v) is 3.65. The molecule has 0 saturated carbocycles. The maximum Gasteiger partial charge on any atom is 0.258 e. The molecule has 1 aromatic carbocycles. The van der Waals surface area contributed by atoms with Crippen molar-refractivity contribution in [3.05, 3.63) is 58.4 Å². The van der Waals surface area contributed by atoms with Gasteiger partial charge in [0.2, 0.25) is 0 Å². The van der Waals surface area contributed by atoms with Gasteiger partial charge in [0, 0.05) is 24.7 Å². The summed E-state index contributed by atoms with van der Waals surface area (Å²) in [5.74, 6) is 0.346. The summed E-state index contributed by atoms with van der Waals surface area (Å²) >= 11 is 5.09. The van der Waals surface area contributed by atoms with Crippen molar-refractivity contribution in [1.82, 2.24) is 4.98 Å².